The number of hydrogen-bond donors (Lipinski definition) is 0. The van der Waals surface area contributed by atoms with Crippen molar-refractivity contribution in [2.45, 2.75) is 51.4 Å². The van der Waals surface area contributed by atoms with Gasteiger partial charge in [-0.15, -0.1) is 0 Å². The fraction of sp³-hybridized carbons (Fsp3) is 0.455. The summed E-state index contributed by atoms with van der Waals surface area (Å²) >= 11 is 0. The molecule has 1 aliphatic carbocycles. The van der Waals surface area contributed by atoms with Gasteiger partial charge in [0, 0.05) is 0 Å². The summed E-state index contributed by atoms with van der Waals surface area (Å²) in [6.45, 7) is 4.77. The molecule has 2 aromatic carbocycles. The van der Waals surface area contributed by atoms with Crippen LogP contribution in [0.4, 0.5) is 0 Å². The van der Waals surface area contributed by atoms with Crippen LogP contribution in [0.2, 0.25) is 0 Å². The minimum Gasteiger partial charge on any atom is -0.0651 e. The van der Waals surface area contributed by atoms with E-state index in [-0.39, 0.29) is 0 Å². The van der Waals surface area contributed by atoms with Crippen molar-refractivity contribution in [2.75, 3.05) is 0 Å². The van der Waals surface area contributed by atoms with Gasteiger partial charge in [-0.2, -0.15) is 0 Å². The zero-order valence-electron chi connectivity index (χ0n) is 13.9. The lowest BCUT2D eigenvalue weighted by atomic mass is 9.61. The van der Waals surface area contributed by atoms with Crippen LogP contribution >= 0.6 is 0 Å². The van der Waals surface area contributed by atoms with E-state index in [9.17, 15) is 0 Å². The van der Waals surface area contributed by atoms with Gasteiger partial charge < -0.3 is 0 Å². The van der Waals surface area contributed by atoms with Crippen LogP contribution in [0.1, 0.15) is 62.5 Å². The fourth-order valence-corrected chi connectivity index (χ4v) is 4.79. The molecule has 0 bridgehead atoms. The van der Waals surface area contributed by atoms with Gasteiger partial charge in [-0.25, -0.2) is 0 Å². The summed E-state index contributed by atoms with van der Waals surface area (Å²) in [5.74, 6) is 3.12. The normalized spacial score (nSPS) is 28.5. The Labute approximate surface area is 135 Å². The topological polar surface area (TPSA) is 0 Å². The Bertz CT molecular complexity index is 504. The first-order valence-corrected chi connectivity index (χ1v) is 8.95. The van der Waals surface area contributed by atoms with Crippen molar-refractivity contribution in [3.05, 3.63) is 71.8 Å². The van der Waals surface area contributed by atoms with E-state index >= 15 is 0 Å². The molecule has 2 unspecified atom stereocenters. The van der Waals surface area contributed by atoms with Crippen LogP contribution in [0.25, 0.3) is 0 Å². The van der Waals surface area contributed by atoms with Gasteiger partial charge >= 0.3 is 0 Å². The maximum absolute atomic E-state index is 2.39. The monoisotopic (exact) mass is 292 g/mol. The predicted octanol–water partition coefficient (Wildman–Crippen LogP) is 6.40. The Hall–Kier alpha value is -1.56. The molecular formula is C22H28. The van der Waals surface area contributed by atoms with Crippen molar-refractivity contribution >= 4 is 0 Å². The van der Waals surface area contributed by atoms with Gasteiger partial charge in [-0.1, -0.05) is 87.4 Å². The van der Waals surface area contributed by atoms with Crippen molar-refractivity contribution in [1.82, 2.24) is 0 Å². The molecule has 22 heavy (non-hydrogen) atoms. The predicted molar refractivity (Wildman–Crippen MR) is 95.2 cm³/mol. The van der Waals surface area contributed by atoms with Gasteiger partial charge in [0.2, 0.25) is 0 Å². The molecule has 0 amide bonds. The van der Waals surface area contributed by atoms with Crippen molar-refractivity contribution < 1.29 is 0 Å². The minimum atomic E-state index is 0.746. The molecule has 0 radical (unpaired) electrons. The van der Waals surface area contributed by atoms with Crippen molar-refractivity contribution in [1.29, 1.82) is 0 Å². The van der Waals surface area contributed by atoms with Gasteiger partial charge in [-0.3, -0.25) is 0 Å². The maximum Gasteiger partial charge on any atom is -0.0131 e. The molecule has 3 rings (SSSR count). The number of benzene rings is 2. The molecule has 1 aliphatic rings. The van der Waals surface area contributed by atoms with Crippen molar-refractivity contribution in [3.8, 4) is 0 Å². The third-order valence-corrected chi connectivity index (χ3v) is 5.77. The standard InChI is InChI=1S/C22H28/c1-3-19-20(4-2)22(18-13-9-6-10-14-18)16-15-21(19)17-11-7-5-8-12-17/h5-14,19-22H,3-4,15-16H2,1-2H3/t19-,20+,21?,22?. The van der Waals surface area contributed by atoms with E-state index in [2.05, 4.69) is 74.5 Å². The summed E-state index contributed by atoms with van der Waals surface area (Å²) in [5.41, 5.74) is 3.11. The average molecular weight is 292 g/mol. The van der Waals surface area contributed by atoms with Gasteiger partial charge in [0.25, 0.3) is 0 Å². The van der Waals surface area contributed by atoms with Gasteiger partial charge in [0.05, 0.1) is 0 Å². The third-order valence-electron chi connectivity index (χ3n) is 5.77. The van der Waals surface area contributed by atoms with E-state index in [1.54, 1.807) is 11.1 Å². The zero-order chi connectivity index (χ0) is 15.4. The SMILES string of the molecule is CC[C@@H]1C(c2ccccc2)CCC(c2ccccc2)[C@@H]1CC. The van der Waals surface area contributed by atoms with Crippen LogP contribution in [-0.2, 0) is 0 Å². The van der Waals surface area contributed by atoms with E-state index in [1.807, 2.05) is 0 Å². The second kappa shape index (κ2) is 7.13. The van der Waals surface area contributed by atoms with E-state index in [1.165, 1.54) is 25.7 Å². The lowest BCUT2D eigenvalue weighted by Gasteiger charge is -2.43. The molecule has 0 aromatic heterocycles. The maximum atomic E-state index is 2.39. The van der Waals surface area contributed by atoms with Gasteiger partial charge in [0.1, 0.15) is 0 Å². The summed E-state index contributed by atoms with van der Waals surface area (Å²) in [5, 5.41) is 0. The Morgan fingerprint density at radius 1 is 0.636 bits per heavy atom. The molecule has 0 heteroatoms. The molecule has 0 spiro atoms. The molecule has 0 nitrogen and oxygen atoms in total. The molecule has 0 heterocycles. The highest BCUT2D eigenvalue weighted by Gasteiger charge is 2.38. The highest BCUT2D eigenvalue weighted by Crippen LogP contribution is 2.50. The van der Waals surface area contributed by atoms with Crippen LogP contribution in [0, 0.1) is 11.8 Å². The molecule has 4 atom stereocenters. The lowest BCUT2D eigenvalue weighted by Crippen LogP contribution is -2.32. The molecule has 0 N–H and O–H groups in total. The fourth-order valence-electron chi connectivity index (χ4n) is 4.79. The smallest absolute Gasteiger partial charge is 0.0131 e. The van der Waals surface area contributed by atoms with Crippen LogP contribution in [0.15, 0.2) is 60.7 Å². The molecule has 116 valence electrons. The van der Waals surface area contributed by atoms with Crippen molar-refractivity contribution in [3.63, 3.8) is 0 Å². The summed E-state index contributed by atoms with van der Waals surface area (Å²) in [6, 6.07) is 22.4. The zero-order valence-corrected chi connectivity index (χ0v) is 13.9. The molecule has 1 saturated carbocycles. The Morgan fingerprint density at radius 2 is 1.00 bits per heavy atom. The van der Waals surface area contributed by atoms with E-state index in [0.717, 1.165) is 23.7 Å². The lowest BCUT2D eigenvalue weighted by molar-refractivity contribution is 0.162. The summed E-state index contributed by atoms with van der Waals surface area (Å²) in [7, 11) is 0. The van der Waals surface area contributed by atoms with Gasteiger partial charge in [0.15, 0.2) is 0 Å². The highest BCUT2D eigenvalue weighted by molar-refractivity contribution is 5.26. The Balaban J connectivity index is 1.89. The molecule has 0 saturated heterocycles. The van der Waals surface area contributed by atoms with E-state index < -0.39 is 0 Å². The van der Waals surface area contributed by atoms with Gasteiger partial charge in [-0.05, 0) is 47.6 Å². The minimum absolute atomic E-state index is 0.746. The first-order valence-electron chi connectivity index (χ1n) is 8.95. The van der Waals surface area contributed by atoms with Crippen LogP contribution in [0.3, 0.4) is 0 Å². The summed E-state index contributed by atoms with van der Waals surface area (Å²) in [6.07, 6.45) is 5.25. The second-order valence-corrected chi connectivity index (χ2v) is 6.76. The largest absolute Gasteiger partial charge is 0.0651 e. The van der Waals surface area contributed by atoms with Crippen LogP contribution < -0.4 is 0 Å². The number of rotatable bonds is 4. The van der Waals surface area contributed by atoms with E-state index in [0.29, 0.717) is 0 Å². The third kappa shape index (κ3) is 2.97. The van der Waals surface area contributed by atoms with Crippen molar-refractivity contribution in [2.24, 2.45) is 11.8 Å². The van der Waals surface area contributed by atoms with Crippen LogP contribution in [0.5, 0.6) is 0 Å². The first kappa shape index (κ1) is 15.3. The van der Waals surface area contributed by atoms with E-state index in [4.69, 9.17) is 0 Å². The summed E-state index contributed by atoms with van der Waals surface area (Å²) < 4.78 is 0. The average Bonchev–Trinajstić information content (AvgIpc) is 2.61. The molecule has 2 aromatic rings. The second-order valence-electron chi connectivity index (χ2n) is 6.76. The molecular weight excluding hydrogens is 264 g/mol. The highest BCUT2D eigenvalue weighted by atomic mass is 14.4. The Morgan fingerprint density at radius 3 is 1.32 bits per heavy atom. The quantitative estimate of drug-likeness (QED) is 0.611. The first-order chi connectivity index (χ1) is 10.8. The summed E-state index contributed by atoms with van der Waals surface area (Å²) in [4.78, 5) is 0. The molecule has 0 aliphatic heterocycles. The van der Waals surface area contributed by atoms with Crippen LogP contribution in [-0.4, -0.2) is 0 Å². The number of hydrogen-bond acceptors (Lipinski definition) is 0. The molecule has 1 fully saturated rings. The Kier molecular flexibility index (Phi) is 4.97.